The summed E-state index contributed by atoms with van der Waals surface area (Å²) >= 11 is 0. The molecule has 0 amide bonds. The van der Waals surface area contributed by atoms with Gasteiger partial charge in [-0.2, -0.15) is 4.68 Å². The molecule has 0 bridgehead atoms. The average molecular weight is 185 g/mol. The third-order valence-electron chi connectivity index (χ3n) is 1.61. The first-order valence-electron chi connectivity index (χ1n) is 4.03. The van der Waals surface area contributed by atoms with Gasteiger partial charge in [0.1, 0.15) is 0 Å². The van der Waals surface area contributed by atoms with Gasteiger partial charge in [0.2, 0.25) is 0 Å². The first kappa shape index (κ1) is 9.66. The van der Waals surface area contributed by atoms with Gasteiger partial charge in [0, 0.05) is 6.61 Å². The van der Waals surface area contributed by atoms with Crippen LogP contribution in [0.5, 0.6) is 0 Å². The van der Waals surface area contributed by atoms with E-state index in [1.165, 1.54) is 10.7 Å². The van der Waals surface area contributed by atoms with Crippen molar-refractivity contribution in [3.05, 3.63) is 22.4 Å². The highest BCUT2D eigenvalue weighted by atomic mass is 16.6. The second kappa shape index (κ2) is 4.56. The van der Waals surface area contributed by atoms with Gasteiger partial charge in [0.25, 0.3) is 0 Å². The normalized spacial score (nSPS) is 10.2. The zero-order chi connectivity index (χ0) is 9.68. The van der Waals surface area contributed by atoms with Crippen molar-refractivity contribution in [1.82, 2.24) is 9.78 Å². The highest BCUT2D eigenvalue weighted by Gasteiger charge is 2.09. The fraction of sp³-hybridized carbons (Fsp3) is 0.571. The molecule has 1 heterocycles. The Morgan fingerprint density at radius 3 is 2.92 bits per heavy atom. The van der Waals surface area contributed by atoms with Crippen molar-refractivity contribution < 1.29 is 10.0 Å². The zero-order valence-corrected chi connectivity index (χ0v) is 7.09. The molecule has 0 atom stereocenters. The smallest absolute Gasteiger partial charge is 0.389 e. The summed E-state index contributed by atoms with van der Waals surface area (Å²) in [5.74, 6) is -0.135. The number of aryl methyl sites for hydroxylation is 1. The van der Waals surface area contributed by atoms with Crippen molar-refractivity contribution in [2.75, 3.05) is 6.61 Å². The minimum Gasteiger partial charge on any atom is -0.396 e. The van der Waals surface area contributed by atoms with Gasteiger partial charge in [-0.05, 0) is 17.8 Å². The number of unbranched alkanes of at least 4 members (excludes halogenated alkanes) is 1. The minimum atomic E-state index is -0.525. The predicted molar refractivity (Wildman–Crippen MR) is 45.2 cm³/mol. The largest absolute Gasteiger partial charge is 0.396 e. The van der Waals surface area contributed by atoms with Crippen LogP contribution in [0.1, 0.15) is 12.8 Å². The summed E-state index contributed by atoms with van der Waals surface area (Å²) in [6, 6.07) is 1.36. The van der Waals surface area contributed by atoms with E-state index in [0.717, 1.165) is 6.42 Å². The maximum absolute atomic E-state index is 10.2. The fourth-order valence-corrected chi connectivity index (χ4v) is 0.958. The highest BCUT2D eigenvalue weighted by Crippen LogP contribution is 2.05. The summed E-state index contributed by atoms with van der Waals surface area (Å²) in [6.45, 7) is 0.748. The standard InChI is InChI=1S/C7H11N3O3/c11-6-2-1-4-9-5-3-7(8-9)10(12)13/h3,5,11H,1-2,4,6H2. The molecule has 1 rings (SSSR count). The monoisotopic (exact) mass is 185 g/mol. The number of aromatic nitrogens is 2. The molecular formula is C7H11N3O3. The Morgan fingerprint density at radius 1 is 1.62 bits per heavy atom. The molecule has 0 spiro atoms. The van der Waals surface area contributed by atoms with E-state index in [1.807, 2.05) is 0 Å². The lowest BCUT2D eigenvalue weighted by atomic mass is 10.3. The van der Waals surface area contributed by atoms with E-state index in [2.05, 4.69) is 5.10 Å². The number of nitro groups is 1. The molecule has 1 aromatic rings. The maximum Gasteiger partial charge on any atom is 0.389 e. The van der Waals surface area contributed by atoms with Gasteiger partial charge in [0.15, 0.2) is 0 Å². The van der Waals surface area contributed by atoms with Gasteiger partial charge in [-0.1, -0.05) is 0 Å². The molecule has 0 saturated carbocycles. The lowest BCUT2D eigenvalue weighted by Gasteiger charge is -1.93. The van der Waals surface area contributed by atoms with Crippen LogP contribution in [0.25, 0.3) is 0 Å². The molecule has 0 aliphatic heterocycles. The molecule has 13 heavy (non-hydrogen) atoms. The van der Waals surface area contributed by atoms with Crippen LogP contribution in [0, 0.1) is 10.1 Å². The summed E-state index contributed by atoms with van der Waals surface area (Å²) in [6.07, 6.45) is 3.03. The summed E-state index contributed by atoms with van der Waals surface area (Å²) < 4.78 is 1.51. The Kier molecular flexibility index (Phi) is 3.39. The Bertz CT molecular complexity index is 284. The van der Waals surface area contributed by atoms with Gasteiger partial charge in [-0.15, -0.1) is 0 Å². The third-order valence-corrected chi connectivity index (χ3v) is 1.61. The van der Waals surface area contributed by atoms with Crippen LogP contribution in [0.3, 0.4) is 0 Å². The van der Waals surface area contributed by atoms with Gasteiger partial charge >= 0.3 is 5.82 Å². The SMILES string of the molecule is O=[N+]([O-])c1ccn(CCCCO)n1. The Hall–Kier alpha value is -1.43. The first-order valence-corrected chi connectivity index (χ1v) is 4.03. The Morgan fingerprint density at radius 2 is 2.38 bits per heavy atom. The van der Waals surface area contributed by atoms with E-state index >= 15 is 0 Å². The molecule has 0 aliphatic rings. The van der Waals surface area contributed by atoms with Crippen LogP contribution < -0.4 is 0 Å². The van der Waals surface area contributed by atoms with Gasteiger partial charge in [-0.3, -0.25) is 0 Å². The second-order valence-corrected chi connectivity index (χ2v) is 2.62. The molecule has 0 aliphatic carbocycles. The molecule has 0 aromatic carbocycles. The number of nitrogens with zero attached hydrogens (tertiary/aromatic N) is 3. The second-order valence-electron chi connectivity index (χ2n) is 2.62. The summed E-state index contributed by atoms with van der Waals surface area (Å²) in [4.78, 5) is 9.71. The number of hydrogen-bond acceptors (Lipinski definition) is 4. The van der Waals surface area contributed by atoms with E-state index in [4.69, 9.17) is 5.11 Å². The van der Waals surface area contributed by atoms with Crippen molar-refractivity contribution in [3.63, 3.8) is 0 Å². The minimum absolute atomic E-state index is 0.135. The average Bonchev–Trinajstić information content (AvgIpc) is 2.53. The lowest BCUT2D eigenvalue weighted by Crippen LogP contribution is -2.00. The number of hydrogen-bond donors (Lipinski definition) is 1. The Balaban J connectivity index is 2.44. The first-order chi connectivity index (χ1) is 6.24. The van der Waals surface area contributed by atoms with Crippen molar-refractivity contribution in [3.8, 4) is 0 Å². The number of aliphatic hydroxyl groups excluding tert-OH is 1. The number of aliphatic hydroxyl groups is 1. The van der Waals surface area contributed by atoms with Crippen LogP contribution in [0.4, 0.5) is 5.82 Å². The van der Waals surface area contributed by atoms with Crippen LogP contribution in [0.15, 0.2) is 12.3 Å². The molecule has 72 valence electrons. The topological polar surface area (TPSA) is 81.2 Å². The molecule has 6 nitrogen and oxygen atoms in total. The van der Waals surface area contributed by atoms with E-state index in [9.17, 15) is 10.1 Å². The molecule has 0 fully saturated rings. The van der Waals surface area contributed by atoms with E-state index in [-0.39, 0.29) is 12.4 Å². The van der Waals surface area contributed by atoms with Crippen molar-refractivity contribution in [1.29, 1.82) is 0 Å². The van der Waals surface area contributed by atoms with Crippen LogP contribution in [-0.4, -0.2) is 26.4 Å². The zero-order valence-electron chi connectivity index (χ0n) is 7.09. The Labute approximate surface area is 74.9 Å². The summed E-state index contributed by atoms with van der Waals surface area (Å²) in [5.41, 5.74) is 0. The molecule has 0 unspecified atom stereocenters. The lowest BCUT2D eigenvalue weighted by molar-refractivity contribution is -0.389. The van der Waals surface area contributed by atoms with Crippen molar-refractivity contribution in [2.24, 2.45) is 0 Å². The third kappa shape index (κ3) is 2.83. The van der Waals surface area contributed by atoms with Gasteiger partial charge in [0.05, 0.1) is 23.9 Å². The van der Waals surface area contributed by atoms with Crippen molar-refractivity contribution >= 4 is 5.82 Å². The highest BCUT2D eigenvalue weighted by molar-refractivity contribution is 5.13. The molecular weight excluding hydrogens is 174 g/mol. The molecule has 1 aromatic heterocycles. The molecule has 1 N–H and O–H groups in total. The van der Waals surface area contributed by atoms with E-state index < -0.39 is 4.92 Å². The summed E-state index contributed by atoms with van der Waals surface area (Å²) in [5, 5.41) is 22.5. The van der Waals surface area contributed by atoms with Crippen molar-refractivity contribution in [2.45, 2.75) is 19.4 Å². The van der Waals surface area contributed by atoms with Gasteiger partial charge < -0.3 is 15.2 Å². The van der Waals surface area contributed by atoms with Gasteiger partial charge in [-0.25, -0.2) is 0 Å². The molecule has 0 saturated heterocycles. The van der Waals surface area contributed by atoms with Crippen LogP contribution in [0.2, 0.25) is 0 Å². The number of rotatable bonds is 5. The van der Waals surface area contributed by atoms with E-state index in [0.29, 0.717) is 13.0 Å². The van der Waals surface area contributed by atoms with Crippen LogP contribution in [-0.2, 0) is 6.54 Å². The summed E-state index contributed by atoms with van der Waals surface area (Å²) in [7, 11) is 0. The quantitative estimate of drug-likeness (QED) is 0.413. The fourth-order valence-electron chi connectivity index (χ4n) is 0.958. The molecule has 6 heteroatoms. The predicted octanol–water partition coefficient (Wildman–Crippen LogP) is 0.564. The van der Waals surface area contributed by atoms with Crippen LogP contribution >= 0.6 is 0 Å². The maximum atomic E-state index is 10.2. The molecule has 0 radical (unpaired) electrons. The van der Waals surface area contributed by atoms with E-state index in [1.54, 1.807) is 6.20 Å².